The molecule has 0 aliphatic rings. The molecule has 0 aliphatic heterocycles. The molecule has 1 unspecified atom stereocenters. The van der Waals surface area contributed by atoms with Crippen molar-refractivity contribution in [2.45, 2.75) is 12.6 Å². The minimum Gasteiger partial charge on any atom is -0.479 e. The van der Waals surface area contributed by atoms with Crippen LogP contribution in [0.1, 0.15) is 17.2 Å². The van der Waals surface area contributed by atoms with Gasteiger partial charge in [-0.15, -0.1) is 0 Å². The molecular weight excluding hydrogens is 284 g/mol. The summed E-state index contributed by atoms with van der Waals surface area (Å²) in [5.41, 5.74) is 7.30. The van der Waals surface area contributed by atoms with Crippen molar-refractivity contribution >= 4 is 17.7 Å². The summed E-state index contributed by atoms with van der Waals surface area (Å²) >= 11 is 0. The van der Waals surface area contributed by atoms with Crippen LogP contribution in [0.25, 0.3) is 0 Å². The second-order valence-corrected chi connectivity index (χ2v) is 4.64. The zero-order chi connectivity index (χ0) is 15.9. The van der Waals surface area contributed by atoms with Crippen LogP contribution in [0.2, 0.25) is 0 Å². The molecule has 1 atom stereocenters. The van der Waals surface area contributed by atoms with Crippen LogP contribution in [0, 0.1) is 0 Å². The van der Waals surface area contributed by atoms with Gasteiger partial charge in [0.2, 0.25) is 0 Å². The van der Waals surface area contributed by atoms with Gasteiger partial charge in [-0.3, -0.25) is 0 Å². The van der Waals surface area contributed by atoms with Crippen LogP contribution >= 0.6 is 0 Å². The molecule has 0 saturated carbocycles. The summed E-state index contributed by atoms with van der Waals surface area (Å²) in [6.07, 6.45) is -0.798. The third kappa shape index (κ3) is 4.24. The number of aliphatic carboxylic acids is 1. The minimum atomic E-state index is -1.19. The zero-order valence-electron chi connectivity index (χ0n) is 11.7. The maximum absolute atomic E-state index is 11.8. The molecule has 1 amide bonds. The molecule has 0 aliphatic carbocycles. The summed E-state index contributed by atoms with van der Waals surface area (Å²) in [6, 6.07) is 14.2. The number of amides is 1. The molecular formula is C16H16N2O4. The average Bonchev–Trinajstić information content (AvgIpc) is 2.52. The van der Waals surface area contributed by atoms with Crippen molar-refractivity contribution in [3.8, 4) is 0 Å². The summed E-state index contributed by atoms with van der Waals surface area (Å²) in [5.74, 6) is -1.18. The number of carboxylic acid groups (broad SMARTS) is 1. The van der Waals surface area contributed by atoms with E-state index >= 15 is 0 Å². The van der Waals surface area contributed by atoms with Crippen molar-refractivity contribution in [1.82, 2.24) is 5.32 Å². The van der Waals surface area contributed by atoms with E-state index in [1.807, 2.05) is 30.3 Å². The van der Waals surface area contributed by atoms with E-state index in [1.54, 1.807) is 24.3 Å². The molecule has 0 saturated heterocycles. The first-order chi connectivity index (χ1) is 10.6. The van der Waals surface area contributed by atoms with Gasteiger partial charge < -0.3 is 20.9 Å². The van der Waals surface area contributed by atoms with Crippen molar-refractivity contribution in [2.24, 2.45) is 0 Å². The summed E-state index contributed by atoms with van der Waals surface area (Å²) in [6.45, 7) is 0.0702. The number of hydrogen-bond donors (Lipinski definition) is 3. The Hall–Kier alpha value is -3.02. The monoisotopic (exact) mass is 300 g/mol. The van der Waals surface area contributed by atoms with Gasteiger partial charge in [0.1, 0.15) is 6.61 Å². The number of hydrogen-bond acceptors (Lipinski definition) is 4. The molecule has 2 aromatic carbocycles. The van der Waals surface area contributed by atoms with E-state index in [-0.39, 0.29) is 6.61 Å². The molecule has 0 spiro atoms. The minimum absolute atomic E-state index is 0.0702. The number of carbonyl (C=O) groups is 2. The fraction of sp³-hybridized carbons (Fsp3) is 0.125. The van der Waals surface area contributed by atoms with Gasteiger partial charge in [0.25, 0.3) is 0 Å². The second kappa shape index (κ2) is 7.12. The lowest BCUT2D eigenvalue weighted by molar-refractivity contribution is -0.139. The van der Waals surface area contributed by atoms with Crippen LogP contribution in [0.4, 0.5) is 10.5 Å². The Bertz CT molecular complexity index is 641. The van der Waals surface area contributed by atoms with Crippen molar-refractivity contribution in [1.29, 1.82) is 0 Å². The number of nitrogens with one attached hydrogen (secondary N) is 1. The number of alkyl carbamates (subject to hydrolysis) is 1. The highest BCUT2D eigenvalue weighted by atomic mass is 16.5. The van der Waals surface area contributed by atoms with Crippen molar-refractivity contribution in [2.75, 3.05) is 5.73 Å². The normalized spacial score (nSPS) is 11.5. The summed E-state index contributed by atoms with van der Waals surface area (Å²) in [4.78, 5) is 23.0. The largest absolute Gasteiger partial charge is 0.479 e. The van der Waals surface area contributed by atoms with Crippen LogP contribution in [0.3, 0.4) is 0 Å². The highest BCUT2D eigenvalue weighted by Crippen LogP contribution is 2.15. The van der Waals surface area contributed by atoms with Gasteiger partial charge in [-0.05, 0) is 23.3 Å². The molecule has 6 nitrogen and oxygen atoms in total. The Morgan fingerprint density at radius 2 is 1.73 bits per heavy atom. The highest BCUT2D eigenvalue weighted by molar-refractivity contribution is 5.81. The standard InChI is InChI=1S/C16H16N2O4/c17-13-8-6-12(7-9-13)14(15(19)20)18-16(21)22-10-11-4-2-1-3-5-11/h1-9,14H,10,17H2,(H,18,21)(H,19,20). The smallest absolute Gasteiger partial charge is 0.408 e. The summed E-state index contributed by atoms with van der Waals surface area (Å²) in [5, 5.41) is 11.5. The fourth-order valence-electron chi connectivity index (χ4n) is 1.86. The van der Waals surface area contributed by atoms with E-state index in [1.165, 1.54) is 0 Å². The van der Waals surface area contributed by atoms with E-state index in [4.69, 9.17) is 10.5 Å². The zero-order valence-corrected chi connectivity index (χ0v) is 11.7. The average molecular weight is 300 g/mol. The van der Waals surface area contributed by atoms with Gasteiger partial charge in [-0.2, -0.15) is 0 Å². The number of ether oxygens (including phenoxy) is 1. The molecule has 0 bridgehead atoms. The third-order valence-corrected chi connectivity index (χ3v) is 2.99. The van der Waals surface area contributed by atoms with Gasteiger partial charge in [0.05, 0.1) is 0 Å². The van der Waals surface area contributed by atoms with Crippen molar-refractivity contribution in [3.63, 3.8) is 0 Å². The maximum atomic E-state index is 11.8. The second-order valence-electron chi connectivity index (χ2n) is 4.64. The highest BCUT2D eigenvalue weighted by Gasteiger charge is 2.22. The number of nitrogen functional groups attached to an aromatic ring is 1. The summed E-state index contributed by atoms with van der Waals surface area (Å²) < 4.78 is 5.02. The van der Waals surface area contributed by atoms with Gasteiger partial charge in [-0.1, -0.05) is 42.5 Å². The first kappa shape index (κ1) is 15.4. The van der Waals surface area contributed by atoms with Crippen LogP contribution in [-0.4, -0.2) is 17.2 Å². The Balaban J connectivity index is 1.97. The lowest BCUT2D eigenvalue weighted by Crippen LogP contribution is -2.34. The molecule has 114 valence electrons. The quantitative estimate of drug-likeness (QED) is 0.735. The van der Waals surface area contributed by atoms with E-state index < -0.39 is 18.1 Å². The number of benzene rings is 2. The number of rotatable bonds is 5. The van der Waals surface area contributed by atoms with Crippen LogP contribution in [0.5, 0.6) is 0 Å². The van der Waals surface area contributed by atoms with Crippen molar-refractivity contribution in [3.05, 3.63) is 65.7 Å². The molecule has 0 aromatic heterocycles. The lowest BCUT2D eigenvalue weighted by Gasteiger charge is -2.15. The molecule has 0 radical (unpaired) electrons. The third-order valence-electron chi connectivity index (χ3n) is 2.99. The molecule has 4 N–H and O–H groups in total. The SMILES string of the molecule is Nc1ccc(C(NC(=O)OCc2ccccc2)C(=O)O)cc1. The number of nitrogens with two attached hydrogens (primary N) is 1. The first-order valence-electron chi connectivity index (χ1n) is 6.61. The number of carbonyl (C=O) groups excluding carboxylic acids is 1. The van der Waals surface area contributed by atoms with E-state index in [9.17, 15) is 14.7 Å². The first-order valence-corrected chi connectivity index (χ1v) is 6.61. The van der Waals surface area contributed by atoms with Gasteiger partial charge >= 0.3 is 12.1 Å². The Labute approximate surface area is 127 Å². The van der Waals surface area contributed by atoms with Crippen LogP contribution < -0.4 is 11.1 Å². The van der Waals surface area contributed by atoms with Crippen LogP contribution in [0.15, 0.2) is 54.6 Å². The number of anilines is 1. The van der Waals surface area contributed by atoms with Gasteiger partial charge in [-0.25, -0.2) is 9.59 Å². The van der Waals surface area contributed by atoms with E-state index in [0.29, 0.717) is 11.3 Å². The fourth-order valence-corrected chi connectivity index (χ4v) is 1.86. The molecule has 22 heavy (non-hydrogen) atoms. The molecule has 2 rings (SSSR count). The molecule has 6 heteroatoms. The van der Waals surface area contributed by atoms with Crippen molar-refractivity contribution < 1.29 is 19.4 Å². The summed E-state index contributed by atoms with van der Waals surface area (Å²) in [7, 11) is 0. The Morgan fingerprint density at radius 3 is 2.32 bits per heavy atom. The Kier molecular flexibility index (Phi) is 4.98. The Morgan fingerprint density at radius 1 is 1.09 bits per heavy atom. The van der Waals surface area contributed by atoms with E-state index in [2.05, 4.69) is 5.32 Å². The molecule has 0 heterocycles. The van der Waals surface area contributed by atoms with E-state index in [0.717, 1.165) is 5.56 Å². The topological polar surface area (TPSA) is 102 Å². The van der Waals surface area contributed by atoms with Gasteiger partial charge in [0.15, 0.2) is 6.04 Å². The van der Waals surface area contributed by atoms with Crippen LogP contribution in [-0.2, 0) is 16.1 Å². The molecule has 0 fully saturated rings. The van der Waals surface area contributed by atoms with Gasteiger partial charge in [0, 0.05) is 5.69 Å². The lowest BCUT2D eigenvalue weighted by atomic mass is 10.1. The predicted molar refractivity (Wildman–Crippen MR) is 81.0 cm³/mol. The maximum Gasteiger partial charge on any atom is 0.408 e. The predicted octanol–water partition coefficient (Wildman–Crippen LogP) is 2.32. The number of carboxylic acids is 1. The molecule has 2 aromatic rings.